The average molecular weight is 578 g/mol. The zero-order chi connectivity index (χ0) is 28.1. The molecule has 1 aliphatic carbocycles. The van der Waals surface area contributed by atoms with Crippen LogP contribution in [0.1, 0.15) is 55.1 Å². The van der Waals surface area contributed by atoms with Crippen molar-refractivity contribution in [2.45, 2.75) is 57.8 Å². The molecular formula is C25H29FN5O8P. The zero-order valence-electron chi connectivity index (χ0n) is 21.5. The molecule has 0 saturated heterocycles. The molecule has 1 saturated carbocycles. The van der Waals surface area contributed by atoms with Crippen LogP contribution in [0, 0.1) is 5.82 Å². The van der Waals surface area contributed by atoms with Gasteiger partial charge in [-0.25, -0.2) is 14.2 Å². The molecule has 0 radical (unpaired) electrons. The van der Waals surface area contributed by atoms with Crippen LogP contribution in [0.3, 0.4) is 0 Å². The van der Waals surface area contributed by atoms with E-state index < -0.39 is 31.1 Å². The highest BCUT2D eigenvalue weighted by Crippen LogP contribution is 2.50. The first-order valence-corrected chi connectivity index (χ1v) is 14.6. The summed E-state index contributed by atoms with van der Waals surface area (Å²) in [5.41, 5.74) is 6.00. The molecule has 15 heteroatoms. The molecule has 40 heavy (non-hydrogen) atoms. The number of halogens is 1. The Kier molecular flexibility index (Phi) is 8.60. The third-order valence-corrected chi connectivity index (χ3v) is 8.12. The number of aromatic nitrogens is 4. The van der Waals surface area contributed by atoms with Crippen molar-refractivity contribution < 1.29 is 31.6 Å². The molecule has 0 spiro atoms. The fourth-order valence-corrected chi connectivity index (χ4v) is 5.87. The maximum atomic E-state index is 13.7. The van der Waals surface area contributed by atoms with E-state index in [4.69, 9.17) is 28.4 Å². The fourth-order valence-electron chi connectivity index (χ4n) is 4.64. The molecule has 3 heterocycles. The van der Waals surface area contributed by atoms with Gasteiger partial charge in [0.1, 0.15) is 18.8 Å². The second kappa shape index (κ2) is 12.3. The number of rotatable bonds is 12. The van der Waals surface area contributed by atoms with E-state index in [1.807, 2.05) is 0 Å². The van der Waals surface area contributed by atoms with Crippen molar-refractivity contribution in [3.63, 3.8) is 0 Å². The van der Waals surface area contributed by atoms with Crippen molar-refractivity contribution in [2.24, 2.45) is 0 Å². The lowest BCUT2D eigenvalue weighted by Crippen LogP contribution is -2.13. The molecule has 4 aromatic rings. The van der Waals surface area contributed by atoms with Gasteiger partial charge in [-0.1, -0.05) is 31.4 Å². The molecule has 5 rings (SSSR count). The molecule has 0 amide bonds. The van der Waals surface area contributed by atoms with Crippen LogP contribution in [-0.4, -0.2) is 32.5 Å². The highest BCUT2D eigenvalue weighted by atomic mass is 31.2. The smallest absolute Gasteiger partial charge is 0.395 e. The van der Waals surface area contributed by atoms with E-state index in [1.165, 1.54) is 24.5 Å². The number of aromatic amines is 1. The first-order chi connectivity index (χ1) is 19.3. The number of nitrogens with two attached hydrogens (primary N) is 1. The Labute approximate surface area is 227 Å². The minimum atomic E-state index is -3.95. The number of H-pyrrole nitrogens is 1. The summed E-state index contributed by atoms with van der Waals surface area (Å²) in [6.45, 7) is -0.301. The topological polar surface area (TPSA) is 178 Å². The number of imidazole rings is 1. The highest BCUT2D eigenvalue weighted by Gasteiger charge is 2.30. The van der Waals surface area contributed by atoms with Gasteiger partial charge in [0, 0.05) is 12.5 Å². The van der Waals surface area contributed by atoms with Crippen LogP contribution in [0.25, 0.3) is 11.2 Å². The lowest BCUT2D eigenvalue weighted by Gasteiger charge is -2.21. The number of benzene rings is 1. The SMILES string of the molecule is Nc1nc2c(ncn2CCOCP(=O)(OCc2cccc(F)c2)OCc2oc(=O)oc2C2CCCCC2)c(=O)[nH]1. The van der Waals surface area contributed by atoms with Crippen molar-refractivity contribution in [3.05, 3.63) is 74.5 Å². The van der Waals surface area contributed by atoms with Crippen molar-refractivity contribution in [3.8, 4) is 0 Å². The van der Waals surface area contributed by atoms with Gasteiger partial charge < -0.3 is 28.4 Å². The van der Waals surface area contributed by atoms with Crippen molar-refractivity contribution in [1.29, 1.82) is 0 Å². The standard InChI is InChI=1S/C25H29FN5O8P/c26-18-8-4-5-16(11-18)12-36-40(34,37-13-19-21(39-25(33)38-19)17-6-2-1-3-7-17)15-35-10-9-31-14-28-20-22(31)29-24(27)30-23(20)32/h4-5,8,11,14,17H,1-3,6-7,9-10,12-13,15H2,(H3,27,29,30,32). The summed E-state index contributed by atoms with van der Waals surface area (Å²) in [4.78, 5) is 34.4. The summed E-state index contributed by atoms with van der Waals surface area (Å²) in [5.74, 6) is -0.802. The molecule has 0 bridgehead atoms. The molecule has 0 aliphatic heterocycles. The van der Waals surface area contributed by atoms with E-state index in [1.54, 1.807) is 10.6 Å². The Morgan fingerprint density at radius 3 is 2.75 bits per heavy atom. The largest absolute Gasteiger partial charge is 0.519 e. The first kappa shape index (κ1) is 28.0. The summed E-state index contributed by atoms with van der Waals surface area (Å²) in [6, 6.07) is 5.67. The Bertz CT molecular complexity index is 1620. The Morgan fingerprint density at radius 2 is 1.95 bits per heavy atom. The second-order valence-electron chi connectivity index (χ2n) is 9.46. The molecule has 1 unspecified atom stereocenters. The van der Waals surface area contributed by atoms with Gasteiger partial charge in [0.2, 0.25) is 5.95 Å². The molecule has 1 fully saturated rings. The van der Waals surface area contributed by atoms with E-state index in [2.05, 4.69) is 15.0 Å². The Hall–Kier alpha value is -3.58. The third kappa shape index (κ3) is 6.76. The van der Waals surface area contributed by atoms with Crippen LogP contribution in [-0.2, 0) is 38.1 Å². The van der Waals surface area contributed by atoms with Gasteiger partial charge in [0.05, 0.1) is 19.5 Å². The van der Waals surface area contributed by atoms with E-state index >= 15 is 0 Å². The summed E-state index contributed by atoms with van der Waals surface area (Å²) >= 11 is 0. The molecule has 3 aromatic heterocycles. The van der Waals surface area contributed by atoms with Gasteiger partial charge in [-0.15, -0.1) is 0 Å². The van der Waals surface area contributed by atoms with Gasteiger partial charge in [0.15, 0.2) is 22.7 Å². The fraction of sp³-hybridized carbons (Fsp3) is 0.440. The summed E-state index contributed by atoms with van der Waals surface area (Å²) in [7, 11) is -3.95. The lowest BCUT2D eigenvalue weighted by molar-refractivity contribution is 0.113. The predicted octanol–water partition coefficient (Wildman–Crippen LogP) is 4.04. The number of nitrogens with zero attached hydrogens (tertiary/aromatic N) is 3. The van der Waals surface area contributed by atoms with E-state index in [0.29, 0.717) is 11.3 Å². The van der Waals surface area contributed by atoms with E-state index in [-0.39, 0.29) is 55.2 Å². The average Bonchev–Trinajstić information content (AvgIpc) is 3.52. The molecule has 1 aromatic carbocycles. The molecule has 3 N–H and O–H groups in total. The monoisotopic (exact) mass is 577 g/mol. The van der Waals surface area contributed by atoms with Crippen LogP contribution >= 0.6 is 7.60 Å². The molecule has 1 aliphatic rings. The van der Waals surface area contributed by atoms with E-state index in [0.717, 1.165) is 32.1 Å². The minimum absolute atomic E-state index is 0.0162. The van der Waals surface area contributed by atoms with Crippen LogP contribution in [0.4, 0.5) is 10.3 Å². The lowest BCUT2D eigenvalue weighted by atomic mass is 9.87. The van der Waals surface area contributed by atoms with Gasteiger partial charge >= 0.3 is 13.4 Å². The zero-order valence-corrected chi connectivity index (χ0v) is 22.4. The number of ether oxygens (including phenoxy) is 1. The number of hydrogen-bond acceptors (Lipinski definition) is 11. The van der Waals surface area contributed by atoms with Crippen molar-refractivity contribution >= 4 is 24.7 Å². The predicted molar refractivity (Wildman–Crippen MR) is 140 cm³/mol. The Morgan fingerprint density at radius 1 is 1.15 bits per heavy atom. The number of hydrogen-bond donors (Lipinski definition) is 2. The van der Waals surface area contributed by atoms with Crippen molar-refractivity contribution in [2.75, 3.05) is 18.7 Å². The van der Waals surface area contributed by atoms with Crippen LogP contribution < -0.4 is 17.1 Å². The quantitative estimate of drug-likeness (QED) is 0.183. The minimum Gasteiger partial charge on any atom is -0.395 e. The van der Waals surface area contributed by atoms with E-state index in [9.17, 15) is 18.5 Å². The van der Waals surface area contributed by atoms with Crippen molar-refractivity contribution in [1.82, 2.24) is 19.5 Å². The second-order valence-corrected chi connectivity index (χ2v) is 11.5. The maximum Gasteiger partial charge on any atom is 0.519 e. The molecule has 214 valence electrons. The number of nitrogen functional groups attached to an aromatic ring is 1. The van der Waals surface area contributed by atoms with Gasteiger partial charge in [0.25, 0.3) is 5.56 Å². The van der Waals surface area contributed by atoms with Crippen LogP contribution in [0.15, 0.2) is 49.0 Å². The molecule has 13 nitrogen and oxygen atoms in total. The highest BCUT2D eigenvalue weighted by molar-refractivity contribution is 7.53. The summed E-state index contributed by atoms with van der Waals surface area (Å²) < 4.78 is 56.4. The van der Waals surface area contributed by atoms with Crippen LogP contribution in [0.2, 0.25) is 0 Å². The maximum absolute atomic E-state index is 13.7. The first-order valence-electron chi connectivity index (χ1n) is 12.8. The molecule has 1 atom stereocenters. The normalized spacial score (nSPS) is 15.9. The number of anilines is 1. The third-order valence-electron chi connectivity index (χ3n) is 6.58. The molecular weight excluding hydrogens is 548 g/mol. The summed E-state index contributed by atoms with van der Waals surface area (Å²) in [6.07, 6.45) is 5.78. The van der Waals surface area contributed by atoms with Gasteiger partial charge in [-0.2, -0.15) is 4.98 Å². The Balaban J connectivity index is 1.26. The number of fused-ring (bicyclic) bond motifs is 1. The summed E-state index contributed by atoms with van der Waals surface area (Å²) in [5, 5.41) is 0. The number of nitrogens with one attached hydrogen (secondary N) is 1. The van der Waals surface area contributed by atoms with Gasteiger partial charge in [-0.3, -0.25) is 18.9 Å². The van der Waals surface area contributed by atoms with Gasteiger partial charge in [-0.05, 0) is 30.5 Å². The van der Waals surface area contributed by atoms with Crippen LogP contribution in [0.5, 0.6) is 0 Å².